The Labute approximate surface area is 124 Å². The fourth-order valence-corrected chi connectivity index (χ4v) is 2.84. The minimum atomic E-state index is 0. The number of hydrogen-bond acceptors (Lipinski definition) is 2. The van der Waals surface area contributed by atoms with Crippen LogP contribution in [0.15, 0.2) is 0 Å². The van der Waals surface area contributed by atoms with E-state index in [2.05, 4.69) is 24.5 Å². The third kappa shape index (κ3) is 6.62. The molecule has 1 saturated carbocycles. The monoisotopic (exact) mass is 290 g/mol. The first kappa shape index (κ1) is 18.7. The van der Waals surface area contributed by atoms with E-state index in [1.54, 1.807) is 0 Å². The molecule has 114 valence electrons. The van der Waals surface area contributed by atoms with Crippen LogP contribution in [0.25, 0.3) is 0 Å². The van der Waals surface area contributed by atoms with Crippen LogP contribution in [-0.4, -0.2) is 25.5 Å². The van der Waals surface area contributed by atoms with Crippen LogP contribution >= 0.6 is 12.4 Å². The summed E-state index contributed by atoms with van der Waals surface area (Å²) in [5.41, 5.74) is 0. The van der Waals surface area contributed by atoms with Crippen LogP contribution in [0.5, 0.6) is 0 Å². The smallest absolute Gasteiger partial charge is 0.224 e. The zero-order chi connectivity index (χ0) is 13.5. The highest BCUT2D eigenvalue weighted by atomic mass is 35.5. The molecule has 0 aromatic rings. The number of carbonyl (C=O) groups excluding carboxylic acids is 1. The fourth-order valence-electron chi connectivity index (χ4n) is 2.84. The van der Waals surface area contributed by atoms with Crippen LogP contribution in [0.3, 0.4) is 0 Å². The van der Waals surface area contributed by atoms with Gasteiger partial charge in [0.1, 0.15) is 0 Å². The molecule has 1 aliphatic carbocycles. The quantitative estimate of drug-likeness (QED) is 0.757. The molecule has 0 radical (unpaired) electrons. The van der Waals surface area contributed by atoms with Crippen LogP contribution in [0.1, 0.15) is 52.9 Å². The van der Waals surface area contributed by atoms with Gasteiger partial charge >= 0.3 is 0 Å². The topological polar surface area (TPSA) is 41.1 Å². The van der Waals surface area contributed by atoms with E-state index in [0.717, 1.165) is 12.5 Å². The number of hydrogen-bond donors (Lipinski definition) is 2. The van der Waals surface area contributed by atoms with E-state index in [1.165, 1.54) is 32.1 Å². The van der Waals surface area contributed by atoms with E-state index in [0.29, 0.717) is 12.0 Å². The van der Waals surface area contributed by atoms with Gasteiger partial charge in [0.2, 0.25) is 5.91 Å². The van der Waals surface area contributed by atoms with Gasteiger partial charge in [0.15, 0.2) is 0 Å². The molecule has 0 bridgehead atoms. The van der Waals surface area contributed by atoms with E-state index >= 15 is 0 Å². The van der Waals surface area contributed by atoms with Gasteiger partial charge in [0.05, 0.1) is 0 Å². The predicted molar refractivity (Wildman–Crippen MR) is 83.7 cm³/mol. The highest BCUT2D eigenvalue weighted by Crippen LogP contribution is 2.30. The van der Waals surface area contributed by atoms with Crippen molar-refractivity contribution in [2.75, 3.05) is 13.6 Å². The minimum Gasteiger partial charge on any atom is -0.353 e. The van der Waals surface area contributed by atoms with Crippen molar-refractivity contribution in [3.05, 3.63) is 0 Å². The van der Waals surface area contributed by atoms with E-state index in [1.807, 2.05) is 14.0 Å². The largest absolute Gasteiger partial charge is 0.353 e. The van der Waals surface area contributed by atoms with Crippen LogP contribution < -0.4 is 10.6 Å². The molecule has 0 saturated heterocycles. The lowest BCUT2D eigenvalue weighted by atomic mass is 9.93. The third-order valence-electron chi connectivity index (χ3n) is 4.06. The van der Waals surface area contributed by atoms with Gasteiger partial charge in [0, 0.05) is 18.5 Å². The van der Waals surface area contributed by atoms with Crippen molar-refractivity contribution < 1.29 is 4.79 Å². The molecule has 19 heavy (non-hydrogen) atoms. The standard InChI is InChI=1S/C15H30N2O.ClH/c1-11(2)8-9-13-6-5-7-14(13)17-15(18)12(3)10-16-4;/h11-14,16H,5-10H2,1-4H3,(H,17,18);1H. The van der Waals surface area contributed by atoms with E-state index in [4.69, 9.17) is 0 Å². The number of halogens is 1. The molecule has 0 aromatic heterocycles. The molecular weight excluding hydrogens is 260 g/mol. The number of carbonyl (C=O) groups is 1. The van der Waals surface area contributed by atoms with Gasteiger partial charge in [-0.1, -0.05) is 33.6 Å². The molecule has 4 heteroatoms. The lowest BCUT2D eigenvalue weighted by Gasteiger charge is -2.23. The number of nitrogens with one attached hydrogen (secondary N) is 2. The van der Waals surface area contributed by atoms with Gasteiger partial charge in [0.25, 0.3) is 0 Å². The molecule has 1 rings (SSSR count). The maximum Gasteiger partial charge on any atom is 0.224 e. The van der Waals surface area contributed by atoms with Crippen molar-refractivity contribution in [1.29, 1.82) is 0 Å². The molecule has 3 unspecified atom stereocenters. The first-order chi connectivity index (χ1) is 8.54. The lowest BCUT2D eigenvalue weighted by molar-refractivity contribution is -0.125. The summed E-state index contributed by atoms with van der Waals surface area (Å²) < 4.78 is 0. The Kier molecular flexibility index (Phi) is 9.46. The Bertz CT molecular complexity index is 259. The Morgan fingerprint density at radius 3 is 2.53 bits per heavy atom. The van der Waals surface area contributed by atoms with Gasteiger partial charge in [-0.3, -0.25) is 4.79 Å². The van der Waals surface area contributed by atoms with Gasteiger partial charge in [-0.05, 0) is 38.1 Å². The molecule has 1 aliphatic rings. The van der Waals surface area contributed by atoms with Gasteiger partial charge in [-0.2, -0.15) is 0 Å². The van der Waals surface area contributed by atoms with Crippen molar-refractivity contribution in [1.82, 2.24) is 10.6 Å². The molecule has 0 aromatic carbocycles. The second-order valence-corrected chi connectivity index (χ2v) is 6.24. The number of amides is 1. The van der Waals surface area contributed by atoms with Crippen molar-refractivity contribution >= 4 is 18.3 Å². The Hall–Kier alpha value is -0.280. The van der Waals surface area contributed by atoms with Gasteiger partial charge in [-0.15, -0.1) is 12.4 Å². The first-order valence-electron chi connectivity index (χ1n) is 7.49. The Morgan fingerprint density at radius 2 is 1.95 bits per heavy atom. The number of rotatable bonds is 7. The summed E-state index contributed by atoms with van der Waals surface area (Å²) in [5.74, 6) is 1.76. The Morgan fingerprint density at radius 1 is 1.26 bits per heavy atom. The second-order valence-electron chi connectivity index (χ2n) is 6.24. The van der Waals surface area contributed by atoms with Gasteiger partial charge in [-0.25, -0.2) is 0 Å². The molecule has 1 amide bonds. The third-order valence-corrected chi connectivity index (χ3v) is 4.06. The summed E-state index contributed by atoms with van der Waals surface area (Å²) in [7, 11) is 1.89. The van der Waals surface area contributed by atoms with Crippen molar-refractivity contribution in [3.8, 4) is 0 Å². The summed E-state index contributed by atoms with van der Waals surface area (Å²) in [6.45, 7) is 7.30. The van der Waals surface area contributed by atoms with E-state index in [-0.39, 0.29) is 24.2 Å². The SMILES string of the molecule is CNCC(C)C(=O)NC1CCCC1CCC(C)C.Cl. The molecule has 3 atom stereocenters. The molecule has 2 N–H and O–H groups in total. The fraction of sp³-hybridized carbons (Fsp3) is 0.933. The normalized spacial score (nSPS) is 24.1. The molecule has 0 heterocycles. The highest BCUT2D eigenvalue weighted by molar-refractivity contribution is 5.85. The van der Waals surface area contributed by atoms with Crippen LogP contribution in [0, 0.1) is 17.8 Å². The lowest BCUT2D eigenvalue weighted by Crippen LogP contribution is -2.42. The summed E-state index contributed by atoms with van der Waals surface area (Å²) in [6.07, 6.45) is 6.28. The van der Waals surface area contributed by atoms with Crippen molar-refractivity contribution in [3.63, 3.8) is 0 Å². The van der Waals surface area contributed by atoms with E-state index in [9.17, 15) is 4.79 Å². The maximum absolute atomic E-state index is 12.0. The van der Waals surface area contributed by atoms with Crippen LogP contribution in [0.4, 0.5) is 0 Å². The predicted octanol–water partition coefficient (Wildman–Crippen LogP) is 2.98. The second kappa shape index (κ2) is 9.60. The molecule has 3 nitrogen and oxygen atoms in total. The molecule has 0 spiro atoms. The average molecular weight is 291 g/mol. The maximum atomic E-state index is 12.0. The van der Waals surface area contributed by atoms with E-state index < -0.39 is 0 Å². The summed E-state index contributed by atoms with van der Waals surface area (Å²) in [5, 5.41) is 6.32. The summed E-state index contributed by atoms with van der Waals surface area (Å²) in [6, 6.07) is 0.426. The van der Waals surface area contributed by atoms with Crippen molar-refractivity contribution in [2.45, 2.75) is 58.9 Å². The molecular formula is C15H31ClN2O. The highest BCUT2D eigenvalue weighted by Gasteiger charge is 2.29. The Balaban J connectivity index is 0.00000324. The molecule has 1 fully saturated rings. The van der Waals surface area contributed by atoms with Crippen LogP contribution in [0.2, 0.25) is 0 Å². The zero-order valence-electron chi connectivity index (χ0n) is 12.9. The van der Waals surface area contributed by atoms with Crippen molar-refractivity contribution in [2.24, 2.45) is 17.8 Å². The zero-order valence-corrected chi connectivity index (χ0v) is 13.7. The summed E-state index contributed by atoms with van der Waals surface area (Å²) in [4.78, 5) is 12.0. The van der Waals surface area contributed by atoms with Gasteiger partial charge < -0.3 is 10.6 Å². The minimum absolute atomic E-state index is 0. The molecule has 0 aliphatic heterocycles. The average Bonchev–Trinajstić information content (AvgIpc) is 2.74. The first-order valence-corrected chi connectivity index (χ1v) is 7.49. The van der Waals surface area contributed by atoms with Crippen LogP contribution in [-0.2, 0) is 4.79 Å². The summed E-state index contributed by atoms with van der Waals surface area (Å²) >= 11 is 0.